The average Bonchev–Trinajstić information content (AvgIpc) is 3.01. The molecule has 1 aliphatic rings. The molecule has 1 unspecified atom stereocenters. The molecule has 1 aliphatic heterocycles. The Kier molecular flexibility index (Phi) is 3.53. The molecule has 0 saturated heterocycles. The van der Waals surface area contributed by atoms with Gasteiger partial charge in [0.05, 0.1) is 21.3 Å². The highest BCUT2D eigenvalue weighted by molar-refractivity contribution is 5.97. The van der Waals surface area contributed by atoms with Crippen molar-refractivity contribution in [1.29, 1.82) is 0 Å². The summed E-state index contributed by atoms with van der Waals surface area (Å²) in [6.45, 7) is 0. The molecular formula is C15H19N5O3. The second-order valence-corrected chi connectivity index (χ2v) is 5.05. The first kappa shape index (κ1) is 15.0. The van der Waals surface area contributed by atoms with Gasteiger partial charge in [0.1, 0.15) is 11.5 Å². The van der Waals surface area contributed by atoms with Crippen molar-refractivity contribution in [2.24, 2.45) is 16.5 Å². The number of aromatic nitrogens is 1. The quantitative estimate of drug-likeness (QED) is 0.759. The second kappa shape index (κ2) is 5.40. The van der Waals surface area contributed by atoms with Crippen LogP contribution in [0.15, 0.2) is 35.5 Å². The zero-order valence-electron chi connectivity index (χ0n) is 13.2. The van der Waals surface area contributed by atoms with Crippen LogP contribution >= 0.6 is 0 Å². The summed E-state index contributed by atoms with van der Waals surface area (Å²) in [6.07, 6.45) is 1.82. The Bertz CT molecular complexity index is 745. The fourth-order valence-electron chi connectivity index (χ4n) is 2.57. The first-order valence-electron chi connectivity index (χ1n) is 6.93. The maximum atomic E-state index is 6.43. The molecule has 0 amide bonds. The van der Waals surface area contributed by atoms with Gasteiger partial charge in [0.2, 0.25) is 11.5 Å². The number of rotatable bonds is 4. The van der Waals surface area contributed by atoms with E-state index in [1.54, 1.807) is 38.1 Å². The Morgan fingerprint density at radius 2 is 1.78 bits per heavy atom. The number of methoxy groups -OCH3 is 3. The third-order valence-corrected chi connectivity index (χ3v) is 3.70. The van der Waals surface area contributed by atoms with Crippen molar-refractivity contribution in [1.82, 2.24) is 4.68 Å². The average molecular weight is 317 g/mol. The number of amidine groups is 1. The van der Waals surface area contributed by atoms with Gasteiger partial charge in [0, 0.05) is 11.8 Å². The van der Waals surface area contributed by atoms with Gasteiger partial charge in [-0.05, 0) is 24.3 Å². The van der Waals surface area contributed by atoms with Crippen LogP contribution < -0.4 is 31.1 Å². The Hall–Kier alpha value is -2.87. The Balaban J connectivity index is 2.13. The number of aliphatic imine (C=N–C) groups is 1. The minimum absolute atomic E-state index is 0.338. The lowest BCUT2D eigenvalue weighted by Crippen LogP contribution is -2.52. The smallest absolute Gasteiger partial charge is 0.225 e. The molecule has 0 spiro atoms. The lowest BCUT2D eigenvalue weighted by Gasteiger charge is -2.33. The SMILES string of the molecule is COc1cc(C2(N)N=C(N)c3cccn3N2)cc(OC)c1OC. The lowest BCUT2D eigenvalue weighted by atomic mass is 10.1. The van der Waals surface area contributed by atoms with Gasteiger partial charge in [0.25, 0.3) is 0 Å². The Morgan fingerprint density at radius 1 is 1.13 bits per heavy atom. The molecular weight excluding hydrogens is 298 g/mol. The molecule has 0 bridgehead atoms. The molecule has 2 heterocycles. The summed E-state index contributed by atoms with van der Waals surface area (Å²) < 4.78 is 17.8. The van der Waals surface area contributed by atoms with Crippen molar-refractivity contribution >= 4 is 5.84 Å². The molecule has 8 heteroatoms. The van der Waals surface area contributed by atoms with Gasteiger partial charge >= 0.3 is 0 Å². The summed E-state index contributed by atoms with van der Waals surface area (Å²) in [5.41, 5.74) is 16.9. The number of nitrogens with zero attached hydrogens (tertiary/aromatic N) is 2. The van der Waals surface area contributed by atoms with E-state index in [9.17, 15) is 0 Å². The summed E-state index contributed by atoms with van der Waals surface area (Å²) in [7, 11) is 4.62. The number of benzene rings is 1. The molecule has 0 radical (unpaired) electrons. The number of nitrogens with one attached hydrogen (secondary N) is 1. The third kappa shape index (κ3) is 2.33. The molecule has 1 aromatic heterocycles. The molecule has 0 fully saturated rings. The molecule has 0 aliphatic carbocycles. The highest BCUT2D eigenvalue weighted by Crippen LogP contribution is 2.40. The molecule has 122 valence electrons. The van der Waals surface area contributed by atoms with E-state index >= 15 is 0 Å². The van der Waals surface area contributed by atoms with Gasteiger partial charge in [-0.25, -0.2) is 4.99 Å². The predicted molar refractivity (Wildman–Crippen MR) is 86.5 cm³/mol. The van der Waals surface area contributed by atoms with Gasteiger partial charge in [-0.2, -0.15) is 0 Å². The largest absolute Gasteiger partial charge is 0.493 e. The predicted octanol–water partition coefficient (Wildman–Crippen LogP) is 0.546. The molecule has 8 nitrogen and oxygen atoms in total. The van der Waals surface area contributed by atoms with Crippen LogP contribution in [0.25, 0.3) is 0 Å². The van der Waals surface area contributed by atoms with Gasteiger partial charge in [-0.15, -0.1) is 0 Å². The van der Waals surface area contributed by atoms with Crippen molar-refractivity contribution in [3.63, 3.8) is 0 Å². The monoisotopic (exact) mass is 317 g/mol. The number of hydrogen-bond acceptors (Lipinski definition) is 7. The van der Waals surface area contributed by atoms with Crippen molar-refractivity contribution in [2.45, 2.75) is 5.79 Å². The third-order valence-electron chi connectivity index (χ3n) is 3.70. The van der Waals surface area contributed by atoms with E-state index in [0.29, 0.717) is 28.6 Å². The normalized spacial score (nSPS) is 19.4. The van der Waals surface area contributed by atoms with E-state index in [0.717, 1.165) is 5.69 Å². The first-order chi connectivity index (χ1) is 11.0. The van der Waals surface area contributed by atoms with Crippen LogP contribution in [0.4, 0.5) is 0 Å². The van der Waals surface area contributed by atoms with Gasteiger partial charge in [-0.3, -0.25) is 15.8 Å². The van der Waals surface area contributed by atoms with E-state index in [2.05, 4.69) is 10.4 Å². The molecule has 23 heavy (non-hydrogen) atoms. The van der Waals surface area contributed by atoms with Crippen molar-refractivity contribution in [2.75, 3.05) is 26.8 Å². The maximum absolute atomic E-state index is 6.43. The minimum atomic E-state index is -1.26. The van der Waals surface area contributed by atoms with Crippen LogP contribution in [-0.4, -0.2) is 31.8 Å². The van der Waals surface area contributed by atoms with E-state index < -0.39 is 5.79 Å². The number of ether oxygens (including phenoxy) is 3. The topological polar surface area (TPSA) is 109 Å². The van der Waals surface area contributed by atoms with Crippen molar-refractivity contribution in [3.8, 4) is 17.2 Å². The molecule has 0 saturated carbocycles. The molecule has 5 N–H and O–H groups in total. The van der Waals surface area contributed by atoms with Gasteiger partial charge in [-0.1, -0.05) is 0 Å². The summed E-state index contributed by atoms with van der Waals surface area (Å²) in [4.78, 5) is 4.39. The van der Waals surface area contributed by atoms with Crippen LogP contribution in [0.1, 0.15) is 11.3 Å². The van der Waals surface area contributed by atoms with E-state index in [1.165, 1.54) is 0 Å². The maximum Gasteiger partial charge on any atom is 0.225 e. The van der Waals surface area contributed by atoms with E-state index in [-0.39, 0.29) is 0 Å². The summed E-state index contributed by atoms with van der Waals surface area (Å²) in [6, 6.07) is 7.17. The zero-order chi connectivity index (χ0) is 16.6. The zero-order valence-corrected chi connectivity index (χ0v) is 13.2. The number of nitrogens with two attached hydrogens (primary N) is 2. The number of fused-ring (bicyclic) bond motifs is 1. The lowest BCUT2D eigenvalue weighted by molar-refractivity contribution is 0.321. The highest BCUT2D eigenvalue weighted by Gasteiger charge is 2.34. The van der Waals surface area contributed by atoms with E-state index in [1.807, 2.05) is 18.3 Å². The van der Waals surface area contributed by atoms with Crippen LogP contribution in [-0.2, 0) is 5.79 Å². The van der Waals surface area contributed by atoms with E-state index in [4.69, 9.17) is 25.7 Å². The summed E-state index contributed by atoms with van der Waals surface area (Å²) in [5, 5.41) is 0. The van der Waals surface area contributed by atoms with Crippen LogP contribution in [0.2, 0.25) is 0 Å². The van der Waals surface area contributed by atoms with Crippen LogP contribution in [0, 0.1) is 0 Å². The van der Waals surface area contributed by atoms with Crippen LogP contribution in [0.5, 0.6) is 17.2 Å². The summed E-state index contributed by atoms with van der Waals surface area (Å²) >= 11 is 0. The Morgan fingerprint density at radius 3 is 2.35 bits per heavy atom. The van der Waals surface area contributed by atoms with Crippen molar-refractivity contribution < 1.29 is 14.2 Å². The molecule has 3 rings (SSSR count). The standard InChI is InChI=1S/C15H19N5O3/c1-21-11-7-9(8-12(22-2)13(11)23-3)15(17)18-14(16)10-5-4-6-20(10)19-15/h4-8,19H,17H2,1-3H3,(H2,16,18). The molecule has 1 atom stereocenters. The highest BCUT2D eigenvalue weighted by atomic mass is 16.5. The fourth-order valence-corrected chi connectivity index (χ4v) is 2.57. The van der Waals surface area contributed by atoms with Crippen molar-refractivity contribution in [3.05, 3.63) is 41.7 Å². The van der Waals surface area contributed by atoms with Gasteiger partial charge < -0.3 is 19.9 Å². The van der Waals surface area contributed by atoms with Crippen LogP contribution in [0.3, 0.4) is 0 Å². The Labute approximate surface area is 133 Å². The second-order valence-electron chi connectivity index (χ2n) is 5.05. The van der Waals surface area contributed by atoms with Gasteiger partial charge in [0.15, 0.2) is 11.5 Å². The minimum Gasteiger partial charge on any atom is -0.493 e. The molecule has 1 aromatic carbocycles. The summed E-state index contributed by atoms with van der Waals surface area (Å²) in [5.74, 6) is 0.533. The first-order valence-corrected chi connectivity index (χ1v) is 6.93. The fraction of sp³-hybridized carbons (Fsp3) is 0.267. The number of hydrogen-bond donors (Lipinski definition) is 3. The molecule has 2 aromatic rings.